The lowest BCUT2D eigenvalue weighted by Gasteiger charge is -2.03. The third-order valence-corrected chi connectivity index (χ3v) is 2.42. The van der Waals surface area contributed by atoms with Gasteiger partial charge < -0.3 is 0 Å². The van der Waals surface area contributed by atoms with E-state index in [1.54, 1.807) is 25.3 Å². The number of aldehydes is 1. The van der Waals surface area contributed by atoms with E-state index in [9.17, 15) is 14.9 Å². The van der Waals surface area contributed by atoms with Gasteiger partial charge in [-0.25, -0.2) is 4.68 Å². The van der Waals surface area contributed by atoms with Crippen LogP contribution in [0.3, 0.4) is 0 Å². The molecule has 17 heavy (non-hydrogen) atoms. The highest BCUT2D eigenvalue weighted by Crippen LogP contribution is 2.17. The normalized spacial score (nSPS) is 10.2. The first kappa shape index (κ1) is 11.0. The Balaban J connectivity index is 2.46. The lowest BCUT2D eigenvalue weighted by atomic mass is 10.2. The van der Waals surface area contributed by atoms with Gasteiger partial charge in [0.05, 0.1) is 16.8 Å². The molecule has 2 aromatic rings. The molecule has 0 saturated heterocycles. The highest BCUT2D eigenvalue weighted by atomic mass is 16.6. The van der Waals surface area contributed by atoms with Gasteiger partial charge in [0.15, 0.2) is 6.29 Å². The topological polar surface area (TPSA) is 78.0 Å². The second-order valence-corrected chi connectivity index (χ2v) is 3.52. The van der Waals surface area contributed by atoms with Crippen LogP contribution in [0.25, 0.3) is 5.69 Å². The first-order valence-corrected chi connectivity index (χ1v) is 4.88. The average molecular weight is 231 g/mol. The first-order valence-electron chi connectivity index (χ1n) is 4.88. The summed E-state index contributed by atoms with van der Waals surface area (Å²) in [5.74, 6) is 0. The molecule has 0 aliphatic rings. The van der Waals surface area contributed by atoms with Crippen molar-refractivity contribution < 1.29 is 9.72 Å². The number of nitro groups is 1. The van der Waals surface area contributed by atoms with Crippen LogP contribution in [0.5, 0.6) is 0 Å². The smallest absolute Gasteiger partial charge is 0.269 e. The Labute approximate surface area is 96.6 Å². The quantitative estimate of drug-likeness (QED) is 0.459. The molecule has 0 bridgehead atoms. The van der Waals surface area contributed by atoms with Gasteiger partial charge in [0.25, 0.3) is 5.69 Å². The summed E-state index contributed by atoms with van der Waals surface area (Å²) in [5.41, 5.74) is 1.83. The predicted molar refractivity (Wildman–Crippen MR) is 60.3 cm³/mol. The minimum absolute atomic E-state index is 0.00489. The van der Waals surface area contributed by atoms with Crippen molar-refractivity contribution in [1.29, 1.82) is 0 Å². The molecule has 0 N–H and O–H groups in total. The number of carbonyl (C=O) groups is 1. The van der Waals surface area contributed by atoms with Crippen LogP contribution in [-0.4, -0.2) is 21.0 Å². The van der Waals surface area contributed by atoms with Crippen molar-refractivity contribution in [3.05, 3.63) is 51.8 Å². The molecule has 1 aromatic carbocycles. The molecule has 0 unspecified atom stereocenters. The number of benzene rings is 1. The summed E-state index contributed by atoms with van der Waals surface area (Å²) in [6.45, 7) is 1.78. The molecule has 6 heteroatoms. The number of carbonyl (C=O) groups excluding carboxylic acids is 1. The number of rotatable bonds is 3. The zero-order valence-electron chi connectivity index (χ0n) is 9.03. The van der Waals surface area contributed by atoms with Crippen molar-refractivity contribution in [3.63, 3.8) is 0 Å². The van der Waals surface area contributed by atoms with Gasteiger partial charge in [-0.05, 0) is 24.6 Å². The molecule has 0 atom stereocenters. The number of aryl methyl sites for hydroxylation is 1. The molecule has 2 rings (SSSR count). The third-order valence-electron chi connectivity index (χ3n) is 2.42. The Morgan fingerprint density at radius 2 is 2.00 bits per heavy atom. The number of non-ortho nitro benzene ring substituents is 1. The minimum Gasteiger partial charge on any atom is -0.296 e. The van der Waals surface area contributed by atoms with Gasteiger partial charge in [-0.15, -0.1) is 0 Å². The Hall–Kier alpha value is -2.50. The number of nitrogens with zero attached hydrogens (tertiary/aromatic N) is 3. The van der Waals surface area contributed by atoms with Crippen molar-refractivity contribution in [2.75, 3.05) is 0 Å². The summed E-state index contributed by atoms with van der Waals surface area (Å²) < 4.78 is 1.45. The molecule has 0 amide bonds. The maximum atomic E-state index is 10.9. The van der Waals surface area contributed by atoms with Crippen LogP contribution in [0.1, 0.15) is 16.1 Å². The van der Waals surface area contributed by atoms with Crippen LogP contribution in [0.15, 0.2) is 30.5 Å². The molecule has 0 aliphatic carbocycles. The lowest BCUT2D eigenvalue weighted by Crippen LogP contribution is -2.02. The van der Waals surface area contributed by atoms with Crippen LogP contribution in [0, 0.1) is 17.0 Å². The molecule has 0 spiro atoms. The average Bonchev–Trinajstić information content (AvgIpc) is 2.70. The van der Waals surface area contributed by atoms with Crippen LogP contribution in [0.4, 0.5) is 5.69 Å². The Morgan fingerprint density at radius 1 is 1.35 bits per heavy atom. The van der Waals surface area contributed by atoms with Gasteiger partial charge in [-0.3, -0.25) is 14.9 Å². The highest BCUT2D eigenvalue weighted by Gasteiger charge is 2.10. The predicted octanol–water partition coefficient (Wildman–Crippen LogP) is 1.90. The van der Waals surface area contributed by atoms with E-state index in [4.69, 9.17) is 0 Å². The number of aromatic nitrogens is 2. The van der Waals surface area contributed by atoms with Gasteiger partial charge in [-0.1, -0.05) is 0 Å². The summed E-state index contributed by atoms with van der Waals surface area (Å²) in [6, 6.07) is 5.86. The van der Waals surface area contributed by atoms with Crippen molar-refractivity contribution in [2.45, 2.75) is 6.92 Å². The molecule has 86 valence electrons. The van der Waals surface area contributed by atoms with Crippen molar-refractivity contribution >= 4 is 12.0 Å². The van der Waals surface area contributed by atoms with E-state index in [1.165, 1.54) is 16.8 Å². The summed E-state index contributed by atoms with van der Waals surface area (Å²) in [5, 5.41) is 14.5. The molecule has 0 radical (unpaired) electrons. The maximum absolute atomic E-state index is 10.9. The van der Waals surface area contributed by atoms with E-state index < -0.39 is 4.92 Å². The third kappa shape index (κ3) is 1.92. The van der Waals surface area contributed by atoms with Crippen molar-refractivity contribution in [1.82, 2.24) is 9.78 Å². The lowest BCUT2D eigenvalue weighted by molar-refractivity contribution is -0.384. The van der Waals surface area contributed by atoms with E-state index in [2.05, 4.69) is 5.10 Å². The molecule has 6 nitrogen and oxygen atoms in total. The second kappa shape index (κ2) is 4.17. The van der Waals surface area contributed by atoms with Gasteiger partial charge in [0.2, 0.25) is 0 Å². The minimum atomic E-state index is -0.473. The number of nitro benzene ring substituents is 1. The Morgan fingerprint density at radius 3 is 2.53 bits per heavy atom. The van der Waals surface area contributed by atoms with Crippen LogP contribution in [0.2, 0.25) is 0 Å². The standard InChI is InChI=1S/C11H9N3O3/c1-8-6-12-13(11(8)7-15)9-2-4-10(5-3-9)14(16)17/h2-7H,1H3. The van der Waals surface area contributed by atoms with Gasteiger partial charge in [-0.2, -0.15) is 5.10 Å². The summed E-state index contributed by atoms with van der Waals surface area (Å²) >= 11 is 0. The van der Waals surface area contributed by atoms with Crippen LogP contribution < -0.4 is 0 Å². The molecule has 1 aromatic heterocycles. The summed E-state index contributed by atoms with van der Waals surface area (Å²) in [6.07, 6.45) is 2.29. The fourth-order valence-corrected chi connectivity index (χ4v) is 1.50. The first-order chi connectivity index (χ1) is 8.13. The molecule has 1 heterocycles. The van der Waals surface area contributed by atoms with E-state index >= 15 is 0 Å². The molecule has 0 saturated carbocycles. The molecular weight excluding hydrogens is 222 g/mol. The molecular formula is C11H9N3O3. The zero-order valence-corrected chi connectivity index (χ0v) is 9.03. The van der Waals surface area contributed by atoms with E-state index in [0.717, 1.165) is 5.56 Å². The molecule has 0 aliphatic heterocycles. The van der Waals surface area contributed by atoms with Gasteiger partial charge in [0, 0.05) is 12.1 Å². The maximum Gasteiger partial charge on any atom is 0.269 e. The monoisotopic (exact) mass is 231 g/mol. The SMILES string of the molecule is Cc1cnn(-c2ccc([N+](=O)[O-])cc2)c1C=O. The summed E-state index contributed by atoms with van der Waals surface area (Å²) in [7, 11) is 0. The highest BCUT2D eigenvalue weighted by molar-refractivity contribution is 5.75. The van der Waals surface area contributed by atoms with E-state index in [0.29, 0.717) is 17.7 Å². The Kier molecular flexibility index (Phi) is 2.70. The zero-order chi connectivity index (χ0) is 12.4. The van der Waals surface area contributed by atoms with Gasteiger partial charge >= 0.3 is 0 Å². The van der Waals surface area contributed by atoms with Crippen LogP contribution in [-0.2, 0) is 0 Å². The number of hydrogen-bond acceptors (Lipinski definition) is 4. The Bertz CT molecular complexity index is 572. The largest absolute Gasteiger partial charge is 0.296 e. The van der Waals surface area contributed by atoms with Crippen molar-refractivity contribution in [3.8, 4) is 5.69 Å². The molecule has 0 fully saturated rings. The van der Waals surface area contributed by atoms with Gasteiger partial charge in [0.1, 0.15) is 5.69 Å². The summed E-state index contributed by atoms with van der Waals surface area (Å²) in [4.78, 5) is 20.9. The fraction of sp³-hybridized carbons (Fsp3) is 0.0909. The van der Waals surface area contributed by atoms with E-state index in [-0.39, 0.29) is 5.69 Å². The van der Waals surface area contributed by atoms with Crippen LogP contribution >= 0.6 is 0 Å². The number of hydrogen-bond donors (Lipinski definition) is 0. The van der Waals surface area contributed by atoms with E-state index in [1.807, 2.05) is 0 Å². The fourth-order valence-electron chi connectivity index (χ4n) is 1.50. The van der Waals surface area contributed by atoms with Crippen molar-refractivity contribution in [2.24, 2.45) is 0 Å². The second-order valence-electron chi connectivity index (χ2n) is 3.52.